The first-order valence-electron chi connectivity index (χ1n) is 8.07. The lowest BCUT2D eigenvalue weighted by Gasteiger charge is -2.11. The number of rotatable bonds is 7. The number of hydrazone groups is 1. The lowest BCUT2D eigenvalue weighted by atomic mass is 10.2. The smallest absolute Gasteiger partial charge is 0.308 e. The molecule has 0 saturated heterocycles. The molecule has 2 aromatic carbocycles. The van der Waals surface area contributed by atoms with Gasteiger partial charge in [0.2, 0.25) is 0 Å². The summed E-state index contributed by atoms with van der Waals surface area (Å²) in [5.74, 6) is 0.422. The van der Waals surface area contributed by atoms with E-state index in [0.717, 1.165) is 14.5 Å². The summed E-state index contributed by atoms with van der Waals surface area (Å²) < 4.78 is 17.4. The first-order valence-corrected chi connectivity index (χ1v) is 9.65. The molecule has 0 radical (unpaired) electrons. The third kappa shape index (κ3) is 6.35. The number of carbonyl (C=O) groups excluding carboxylic acids is 2. The summed E-state index contributed by atoms with van der Waals surface area (Å²) in [6.07, 6.45) is 1.44. The normalized spacial score (nSPS) is 10.6. The zero-order valence-electron chi connectivity index (χ0n) is 15.4. The van der Waals surface area contributed by atoms with Gasteiger partial charge >= 0.3 is 5.97 Å². The van der Waals surface area contributed by atoms with Crippen molar-refractivity contribution in [3.63, 3.8) is 0 Å². The van der Waals surface area contributed by atoms with E-state index >= 15 is 0 Å². The van der Waals surface area contributed by atoms with Gasteiger partial charge in [-0.2, -0.15) is 5.10 Å². The van der Waals surface area contributed by atoms with Crippen molar-refractivity contribution < 1.29 is 23.8 Å². The molecule has 0 aromatic heterocycles. The lowest BCUT2D eigenvalue weighted by molar-refractivity contribution is -0.132. The van der Waals surface area contributed by atoms with Crippen LogP contribution in [0.5, 0.6) is 17.2 Å². The summed E-state index contributed by atoms with van der Waals surface area (Å²) in [5.41, 5.74) is 3.93. The number of benzene rings is 2. The molecule has 2 rings (SSSR count). The maximum atomic E-state index is 11.9. The number of methoxy groups -OCH3 is 1. The molecule has 0 fully saturated rings. The molecule has 0 bridgehead atoms. The Morgan fingerprint density at radius 2 is 1.93 bits per heavy atom. The van der Waals surface area contributed by atoms with Crippen molar-refractivity contribution in [1.82, 2.24) is 5.43 Å². The largest absolute Gasteiger partial charge is 0.493 e. The lowest BCUT2D eigenvalue weighted by Crippen LogP contribution is -2.24. The number of nitrogens with zero attached hydrogens (tertiary/aromatic N) is 1. The van der Waals surface area contributed by atoms with E-state index in [1.165, 1.54) is 20.2 Å². The molecule has 1 N–H and O–H groups in total. The number of esters is 1. The molecular formula is C19H18Br2N2O5. The van der Waals surface area contributed by atoms with E-state index in [-0.39, 0.29) is 6.61 Å². The number of nitrogens with one attached hydrogen (secondary N) is 1. The van der Waals surface area contributed by atoms with E-state index in [9.17, 15) is 9.59 Å². The van der Waals surface area contributed by atoms with Gasteiger partial charge in [0.05, 0.1) is 17.8 Å². The minimum absolute atomic E-state index is 0.187. The van der Waals surface area contributed by atoms with E-state index in [2.05, 4.69) is 42.4 Å². The Labute approximate surface area is 179 Å². The van der Waals surface area contributed by atoms with Gasteiger partial charge in [-0.25, -0.2) is 5.43 Å². The minimum atomic E-state index is -0.445. The number of hydrogen-bond acceptors (Lipinski definition) is 6. The van der Waals surface area contributed by atoms with E-state index in [0.29, 0.717) is 22.8 Å². The number of ether oxygens (including phenoxy) is 3. The molecule has 0 unspecified atom stereocenters. The Morgan fingerprint density at radius 1 is 1.18 bits per heavy atom. The first kappa shape index (κ1) is 21.9. The van der Waals surface area contributed by atoms with Crippen LogP contribution in [-0.2, 0) is 9.59 Å². The molecule has 0 atom stereocenters. The predicted octanol–water partition coefficient (Wildman–Crippen LogP) is 3.98. The number of carbonyl (C=O) groups is 2. The number of amides is 1. The fraction of sp³-hybridized carbons (Fsp3) is 0.211. The van der Waals surface area contributed by atoms with E-state index in [4.69, 9.17) is 14.2 Å². The van der Waals surface area contributed by atoms with Gasteiger partial charge in [-0.05, 0) is 64.3 Å². The highest BCUT2D eigenvalue weighted by Gasteiger charge is 2.10. The van der Waals surface area contributed by atoms with Crippen LogP contribution in [0, 0.1) is 6.92 Å². The van der Waals surface area contributed by atoms with Crippen molar-refractivity contribution in [2.24, 2.45) is 5.10 Å². The Bertz CT molecular complexity index is 892. The van der Waals surface area contributed by atoms with Gasteiger partial charge in [0, 0.05) is 11.4 Å². The Morgan fingerprint density at radius 3 is 2.57 bits per heavy atom. The highest BCUT2D eigenvalue weighted by Crippen LogP contribution is 2.32. The second-order valence-electron chi connectivity index (χ2n) is 5.62. The highest BCUT2D eigenvalue weighted by molar-refractivity contribution is 9.11. The molecule has 9 heteroatoms. The summed E-state index contributed by atoms with van der Waals surface area (Å²) in [6, 6.07) is 8.62. The molecule has 0 spiro atoms. The van der Waals surface area contributed by atoms with Crippen LogP contribution >= 0.6 is 31.9 Å². The Balaban J connectivity index is 1.94. The van der Waals surface area contributed by atoms with Crippen molar-refractivity contribution in [2.45, 2.75) is 13.8 Å². The van der Waals surface area contributed by atoms with Crippen molar-refractivity contribution in [1.29, 1.82) is 0 Å². The van der Waals surface area contributed by atoms with Crippen LogP contribution in [0.15, 0.2) is 44.4 Å². The fourth-order valence-corrected chi connectivity index (χ4v) is 3.78. The van der Waals surface area contributed by atoms with Gasteiger partial charge in [0.1, 0.15) is 5.75 Å². The van der Waals surface area contributed by atoms with Gasteiger partial charge in [-0.1, -0.05) is 15.9 Å². The van der Waals surface area contributed by atoms with E-state index in [1.54, 1.807) is 18.2 Å². The molecule has 148 valence electrons. The van der Waals surface area contributed by atoms with Crippen LogP contribution in [0.4, 0.5) is 0 Å². The molecular weight excluding hydrogens is 496 g/mol. The predicted molar refractivity (Wildman–Crippen MR) is 112 cm³/mol. The second-order valence-corrected chi connectivity index (χ2v) is 7.39. The van der Waals surface area contributed by atoms with E-state index in [1.807, 2.05) is 19.1 Å². The first-order chi connectivity index (χ1) is 13.3. The summed E-state index contributed by atoms with van der Waals surface area (Å²) in [7, 11) is 1.46. The van der Waals surface area contributed by atoms with Crippen molar-refractivity contribution in [2.75, 3.05) is 13.7 Å². The SMILES string of the molecule is COc1cc(C=NNC(=O)COc2c(C)cc(Br)cc2Br)ccc1OC(C)=O. The third-order valence-corrected chi connectivity index (χ3v) is 4.43. The molecule has 28 heavy (non-hydrogen) atoms. The Hall–Kier alpha value is -2.39. The standard InChI is InChI=1S/C19H18Br2N2O5/c1-11-6-14(20)8-15(21)19(11)27-10-18(25)23-22-9-13-4-5-16(28-12(2)24)17(7-13)26-3/h4-9H,10H2,1-3H3,(H,23,25). The van der Waals surface area contributed by atoms with Crippen LogP contribution in [0.2, 0.25) is 0 Å². The van der Waals surface area contributed by atoms with Gasteiger partial charge in [0.15, 0.2) is 18.1 Å². The summed E-state index contributed by atoms with van der Waals surface area (Å²) >= 11 is 6.80. The average molecular weight is 514 g/mol. The zero-order chi connectivity index (χ0) is 20.7. The third-order valence-electron chi connectivity index (χ3n) is 3.39. The van der Waals surface area contributed by atoms with Crippen molar-refractivity contribution in [3.8, 4) is 17.2 Å². The molecule has 0 saturated carbocycles. The number of halogens is 2. The monoisotopic (exact) mass is 512 g/mol. The minimum Gasteiger partial charge on any atom is -0.493 e. The molecule has 2 aromatic rings. The van der Waals surface area contributed by atoms with Crippen LogP contribution in [0.1, 0.15) is 18.1 Å². The highest BCUT2D eigenvalue weighted by atomic mass is 79.9. The van der Waals surface area contributed by atoms with Gasteiger partial charge in [-0.3, -0.25) is 9.59 Å². The second kappa shape index (κ2) is 10.2. The van der Waals surface area contributed by atoms with E-state index < -0.39 is 11.9 Å². The van der Waals surface area contributed by atoms with Crippen LogP contribution in [0.25, 0.3) is 0 Å². The topological polar surface area (TPSA) is 86.2 Å². The molecule has 0 aliphatic heterocycles. The summed E-state index contributed by atoms with van der Waals surface area (Å²) in [6.45, 7) is 3.00. The molecule has 0 heterocycles. The maximum absolute atomic E-state index is 11.9. The number of hydrogen-bond donors (Lipinski definition) is 1. The van der Waals surface area contributed by atoms with Gasteiger partial charge in [0.25, 0.3) is 5.91 Å². The van der Waals surface area contributed by atoms with Gasteiger partial charge in [-0.15, -0.1) is 0 Å². The summed E-state index contributed by atoms with van der Waals surface area (Å²) in [4.78, 5) is 23.0. The van der Waals surface area contributed by atoms with Crippen LogP contribution in [-0.4, -0.2) is 31.8 Å². The van der Waals surface area contributed by atoms with Gasteiger partial charge < -0.3 is 14.2 Å². The zero-order valence-corrected chi connectivity index (χ0v) is 18.6. The molecule has 7 nitrogen and oxygen atoms in total. The fourth-order valence-electron chi connectivity index (χ4n) is 2.22. The molecule has 0 aliphatic rings. The van der Waals surface area contributed by atoms with Crippen molar-refractivity contribution in [3.05, 3.63) is 50.4 Å². The van der Waals surface area contributed by atoms with Crippen molar-refractivity contribution >= 4 is 50.0 Å². The Kier molecular flexibility index (Phi) is 8.01. The average Bonchev–Trinajstić information content (AvgIpc) is 2.61. The molecule has 0 aliphatic carbocycles. The number of aryl methyl sites for hydroxylation is 1. The van der Waals surface area contributed by atoms with Crippen LogP contribution in [0.3, 0.4) is 0 Å². The molecule has 1 amide bonds. The summed E-state index contributed by atoms with van der Waals surface area (Å²) in [5, 5.41) is 3.89. The quantitative estimate of drug-likeness (QED) is 0.262. The van der Waals surface area contributed by atoms with Crippen LogP contribution < -0.4 is 19.6 Å². The maximum Gasteiger partial charge on any atom is 0.308 e.